The average Bonchev–Trinajstić information content (AvgIpc) is 2.85. The second kappa shape index (κ2) is 10.7. The minimum absolute atomic E-state index is 0.0328. The van der Waals surface area contributed by atoms with Crippen molar-refractivity contribution >= 4 is 17.5 Å². The van der Waals surface area contributed by atoms with Crippen LogP contribution in [0, 0.1) is 5.82 Å². The van der Waals surface area contributed by atoms with Crippen LogP contribution in [0.2, 0.25) is 0 Å². The van der Waals surface area contributed by atoms with Gasteiger partial charge in [-0.05, 0) is 35.9 Å². The van der Waals surface area contributed by atoms with E-state index < -0.39 is 0 Å². The summed E-state index contributed by atoms with van der Waals surface area (Å²) < 4.78 is 18.9. The van der Waals surface area contributed by atoms with Crippen molar-refractivity contribution in [1.82, 2.24) is 9.80 Å². The van der Waals surface area contributed by atoms with E-state index in [-0.39, 0.29) is 30.8 Å². The smallest absolute Gasteiger partial charge is 0.260 e. The van der Waals surface area contributed by atoms with Crippen LogP contribution >= 0.6 is 0 Å². The number of nitrogens with zero attached hydrogens (tertiary/aromatic N) is 2. The maximum absolute atomic E-state index is 13.0. The first kappa shape index (κ1) is 22.5. The van der Waals surface area contributed by atoms with Crippen LogP contribution in [-0.2, 0) is 9.59 Å². The number of nitrogens with one attached hydrogen (secondary N) is 1. The number of amides is 2. The highest BCUT2D eigenvalue weighted by molar-refractivity contribution is 5.92. The lowest BCUT2D eigenvalue weighted by atomic mass is 10.1. The summed E-state index contributed by atoms with van der Waals surface area (Å²) in [6.07, 6.45) is 0. The van der Waals surface area contributed by atoms with Crippen LogP contribution in [0.5, 0.6) is 5.75 Å². The Kier molecular flexibility index (Phi) is 7.32. The number of benzene rings is 3. The summed E-state index contributed by atoms with van der Waals surface area (Å²) in [6.45, 7) is 2.46. The molecule has 1 saturated heterocycles. The molecule has 6 nitrogen and oxygen atoms in total. The summed E-state index contributed by atoms with van der Waals surface area (Å²) in [5.74, 6) is 0.0880. The van der Waals surface area contributed by atoms with E-state index in [0.29, 0.717) is 37.6 Å². The summed E-state index contributed by atoms with van der Waals surface area (Å²) in [6, 6.07) is 23.3. The molecule has 0 bridgehead atoms. The van der Waals surface area contributed by atoms with Crippen molar-refractivity contribution in [3.63, 3.8) is 0 Å². The lowest BCUT2D eigenvalue weighted by Crippen LogP contribution is -2.51. The van der Waals surface area contributed by atoms with Gasteiger partial charge in [-0.3, -0.25) is 14.5 Å². The third kappa shape index (κ3) is 6.17. The fourth-order valence-electron chi connectivity index (χ4n) is 3.77. The van der Waals surface area contributed by atoms with Crippen LogP contribution < -0.4 is 10.1 Å². The molecule has 2 amide bonds. The predicted octanol–water partition coefficient (Wildman–Crippen LogP) is 3.65. The molecular formula is C26H26FN3O3. The minimum atomic E-state index is -0.346. The largest absolute Gasteiger partial charge is 0.483 e. The van der Waals surface area contributed by atoms with E-state index in [9.17, 15) is 14.0 Å². The summed E-state index contributed by atoms with van der Waals surface area (Å²) in [4.78, 5) is 28.7. The molecule has 1 N–H and O–H groups in total. The number of hydrogen-bond acceptors (Lipinski definition) is 4. The van der Waals surface area contributed by atoms with E-state index in [4.69, 9.17) is 4.74 Å². The molecule has 0 atom stereocenters. The quantitative estimate of drug-likeness (QED) is 0.601. The second-order valence-electron chi connectivity index (χ2n) is 7.86. The molecule has 0 aromatic heterocycles. The normalized spacial score (nSPS) is 14.0. The van der Waals surface area contributed by atoms with Gasteiger partial charge >= 0.3 is 0 Å². The van der Waals surface area contributed by atoms with Crippen molar-refractivity contribution in [2.24, 2.45) is 0 Å². The van der Waals surface area contributed by atoms with Gasteiger partial charge in [0.2, 0.25) is 5.91 Å². The van der Waals surface area contributed by atoms with Gasteiger partial charge in [0.05, 0.1) is 6.54 Å². The van der Waals surface area contributed by atoms with Gasteiger partial charge in [0.1, 0.15) is 11.6 Å². The minimum Gasteiger partial charge on any atom is -0.483 e. The lowest BCUT2D eigenvalue weighted by molar-refractivity contribution is -0.135. The Morgan fingerprint density at radius 3 is 2.24 bits per heavy atom. The van der Waals surface area contributed by atoms with Gasteiger partial charge in [0, 0.05) is 37.4 Å². The Morgan fingerprint density at radius 1 is 0.848 bits per heavy atom. The Labute approximate surface area is 192 Å². The SMILES string of the molecule is O=C(CN1CCN(C(=O)COc2ccccc2-c2ccccc2)CC1)Nc1ccc(F)cc1. The molecule has 1 aliphatic rings. The standard InChI is InChI=1S/C26H26FN3O3/c27-21-10-12-22(13-11-21)28-25(31)18-29-14-16-30(17-15-29)26(32)19-33-24-9-5-4-8-23(24)20-6-2-1-3-7-20/h1-13H,14-19H2,(H,28,31). The molecular weight excluding hydrogens is 421 g/mol. The Morgan fingerprint density at radius 2 is 1.52 bits per heavy atom. The Bertz CT molecular complexity index is 1080. The van der Waals surface area contributed by atoms with Crippen LogP contribution in [0.3, 0.4) is 0 Å². The Balaban J connectivity index is 1.24. The van der Waals surface area contributed by atoms with Gasteiger partial charge in [-0.15, -0.1) is 0 Å². The molecule has 3 aromatic rings. The van der Waals surface area contributed by atoms with Gasteiger partial charge in [-0.25, -0.2) is 4.39 Å². The summed E-state index contributed by atoms with van der Waals surface area (Å²) in [5.41, 5.74) is 2.54. The third-order valence-corrected chi connectivity index (χ3v) is 5.54. The molecule has 1 aliphatic heterocycles. The predicted molar refractivity (Wildman–Crippen MR) is 125 cm³/mol. The molecule has 7 heteroatoms. The maximum Gasteiger partial charge on any atom is 0.260 e. The van der Waals surface area contributed by atoms with Gasteiger partial charge in [0.15, 0.2) is 6.61 Å². The first-order valence-electron chi connectivity index (χ1n) is 10.9. The number of halogens is 1. The number of carbonyl (C=O) groups is 2. The zero-order chi connectivity index (χ0) is 23.0. The molecule has 1 heterocycles. The Hall–Kier alpha value is -3.71. The molecule has 3 aromatic carbocycles. The van der Waals surface area contributed by atoms with Crippen LogP contribution in [0.15, 0.2) is 78.9 Å². The van der Waals surface area contributed by atoms with Crippen molar-refractivity contribution in [2.75, 3.05) is 44.6 Å². The van der Waals surface area contributed by atoms with E-state index in [2.05, 4.69) is 5.32 Å². The van der Waals surface area contributed by atoms with Gasteiger partial charge in [0.25, 0.3) is 5.91 Å². The fraction of sp³-hybridized carbons (Fsp3) is 0.231. The third-order valence-electron chi connectivity index (χ3n) is 5.54. The van der Waals surface area contributed by atoms with E-state index in [0.717, 1.165) is 11.1 Å². The molecule has 0 radical (unpaired) electrons. The highest BCUT2D eigenvalue weighted by atomic mass is 19.1. The molecule has 0 unspecified atom stereocenters. The molecule has 0 spiro atoms. The van der Waals surface area contributed by atoms with Crippen molar-refractivity contribution in [1.29, 1.82) is 0 Å². The number of rotatable bonds is 7. The topological polar surface area (TPSA) is 61.9 Å². The van der Waals surface area contributed by atoms with E-state index in [1.165, 1.54) is 24.3 Å². The van der Waals surface area contributed by atoms with Crippen LogP contribution in [-0.4, -0.2) is 60.9 Å². The first-order chi connectivity index (χ1) is 16.1. The summed E-state index contributed by atoms with van der Waals surface area (Å²) in [7, 11) is 0. The van der Waals surface area contributed by atoms with E-state index in [1.807, 2.05) is 59.5 Å². The van der Waals surface area contributed by atoms with Crippen LogP contribution in [0.4, 0.5) is 10.1 Å². The molecule has 170 valence electrons. The molecule has 4 rings (SSSR count). The lowest BCUT2D eigenvalue weighted by Gasteiger charge is -2.34. The van der Waals surface area contributed by atoms with Crippen molar-refractivity contribution in [3.05, 3.63) is 84.7 Å². The van der Waals surface area contributed by atoms with Gasteiger partial charge in [-0.2, -0.15) is 0 Å². The van der Waals surface area contributed by atoms with Gasteiger partial charge in [-0.1, -0.05) is 48.5 Å². The van der Waals surface area contributed by atoms with Crippen molar-refractivity contribution in [3.8, 4) is 16.9 Å². The number of hydrogen-bond donors (Lipinski definition) is 1. The molecule has 0 aliphatic carbocycles. The summed E-state index contributed by atoms with van der Waals surface area (Å²) >= 11 is 0. The summed E-state index contributed by atoms with van der Waals surface area (Å²) in [5, 5.41) is 2.76. The van der Waals surface area contributed by atoms with Gasteiger partial charge < -0.3 is 15.0 Å². The number of para-hydroxylation sites is 1. The molecule has 1 fully saturated rings. The van der Waals surface area contributed by atoms with E-state index in [1.54, 1.807) is 4.90 Å². The second-order valence-corrected chi connectivity index (χ2v) is 7.86. The number of carbonyl (C=O) groups excluding carboxylic acids is 2. The number of piperazine rings is 1. The van der Waals surface area contributed by atoms with Crippen molar-refractivity contribution < 1.29 is 18.7 Å². The van der Waals surface area contributed by atoms with Crippen LogP contribution in [0.1, 0.15) is 0 Å². The average molecular weight is 448 g/mol. The maximum atomic E-state index is 13.0. The zero-order valence-electron chi connectivity index (χ0n) is 18.2. The molecule has 33 heavy (non-hydrogen) atoms. The highest BCUT2D eigenvalue weighted by Crippen LogP contribution is 2.29. The fourth-order valence-corrected chi connectivity index (χ4v) is 3.77. The number of anilines is 1. The van der Waals surface area contributed by atoms with Crippen LogP contribution in [0.25, 0.3) is 11.1 Å². The van der Waals surface area contributed by atoms with E-state index >= 15 is 0 Å². The number of ether oxygens (including phenoxy) is 1. The zero-order valence-corrected chi connectivity index (χ0v) is 18.2. The van der Waals surface area contributed by atoms with Crippen molar-refractivity contribution in [2.45, 2.75) is 0 Å². The highest BCUT2D eigenvalue weighted by Gasteiger charge is 2.23. The molecule has 0 saturated carbocycles. The first-order valence-corrected chi connectivity index (χ1v) is 10.9. The monoisotopic (exact) mass is 447 g/mol.